The van der Waals surface area contributed by atoms with Gasteiger partial charge in [-0.2, -0.15) is 0 Å². The first-order valence-corrected chi connectivity index (χ1v) is 18.0. The summed E-state index contributed by atoms with van der Waals surface area (Å²) in [6.45, 7) is 0. The fourth-order valence-corrected chi connectivity index (χ4v) is 7.39. The van der Waals surface area contributed by atoms with Crippen molar-refractivity contribution in [3.05, 3.63) is 200 Å². The molecular weight excluding hydrogens is 649 g/mol. The molecule has 1 heterocycles. The van der Waals surface area contributed by atoms with Crippen molar-refractivity contribution in [2.45, 2.75) is 4.90 Å². The molecule has 1 nitrogen and oxygen atoms in total. The van der Waals surface area contributed by atoms with Crippen LogP contribution in [0.25, 0.3) is 88.9 Å². The fourth-order valence-electron chi connectivity index (χ4n) is 7.13. The molecule has 2 heteroatoms. The molecule has 0 unspecified atom stereocenters. The second-order valence-corrected chi connectivity index (χ2v) is 13.6. The molecule has 0 radical (unpaired) electrons. The third-order valence-corrected chi connectivity index (χ3v) is 10.2. The van der Waals surface area contributed by atoms with Gasteiger partial charge in [0.25, 0.3) is 0 Å². The molecule has 0 aliphatic carbocycles. The maximum Gasteiger partial charge on any atom is 0.134 e. The van der Waals surface area contributed by atoms with Crippen LogP contribution in [0, 0.1) is 0 Å². The van der Waals surface area contributed by atoms with Gasteiger partial charge in [-0.3, -0.25) is 0 Å². The van der Waals surface area contributed by atoms with E-state index in [2.05, 4.69) is 194 Å². The molecule has 0 spiro atoms. The van der Waals surface area contributed by atoms with Crippen LogP contribution in [0.15, 0.2) is 210 Å². The summed E-state index contributed by atoms with van der Waals surface area (Å²) in [4.78, 5) is 0.900. The Morgan fingerprint density at radius 1 is 0.288 bits per heavy atom. The summed E-state index contributed by atoms with van der Waals surface area (Å²) in [5, 5.41) is 1.05. The lowest BCUT2D eigenvalue weighted by molar-refractivity contribution is 0.617. The Labute approximate surface area is 309 Å². The van der Waals surface area contributed by atoms with Crippen molar-refractivity contribution in [3.63, 3.8) is 0 Å². The van der Waals surface area contributed by atoms with Gasteiger partial charge in [-0.25, -0.2) is 0 Å². The predicted octanol–water partition coefficient (Wildman–Crippen LogP) is 14.4. The van der Waals surface area contributed by atoms with Crippen molar-refractivity contribution in [1.82, 2.24) is 0 Å². The topological polar surface area (TPSA) is 13.1 Å². The molecule has 9 aromatic rings. The molecule has 246 valence electrons. The van der Waals surface area contributed by atoms with Crippen molar-refractivity contribution in [2.75, 3.05) is 0 Å². The van der Waals surface area contributed by atoms with Gasteiger partial charge in [-0.15, -0.1) is 12.6 Å². The maximum atomic E-state index is 6.20. The van der Waals surface area contributed by atoms with E-state index in [1.165, 1.54) is 44.5 Å². The Kier molecular flexibility index (Phi) is 8.36. The predicted molar refractivity (Wildman–Crippen MR) is 222 cm³/mol. The number of hydrogen-bond donors (Lipinski definition) is 1. The van der Waals surface area contributed by atoms with Gasteiger partial charge < -0.3 is 4.42 Å². The molecule has 8 aromatic carbocycles. The monoisotopic (exact) mass is 682 g/mol. The summed E-state index contributed by atoms with van der Waals surface area (Å²) < 4.78 is 6.20. The fraction of sp³-hybridized carbons (Fsp3) is 0. The first kappa shape index (κ1) is 31.6. The van der Waals surface area contributed by atoms with E-state index in [-0.39, 0.29) is 0 Å². The first-order chi connectivity index (χ1) is 25.7. The maximum absolute atomic E-state index is 6.20. The summed E-state index contributed by atoms with van der Waals surface area (Å²) in [5.74, 6) is 0. The van der Waals surface area contributed by atoms with Crippen molar-refractivity contribution in [2.24, 2.45) is 0 Å². The van der Waals surface area contributed by atoms with Crippen molar-refractivity contribution < 1.29 is 4.42 Å². The van der Waals surface area contributed by atoms with Gasteiger partial charge in [-0.05, 0) is 133 Å². The van der Waals surface area contributed by atoms with Gasteiger partial charge in [0.15, 0.2) is 0 Å². The Balaban J connectivity index is 1.16. The highest BCUT2D eigenvalue weighted by Crippen LogP contribution is 2.41. The molecule has 0 aliphatic rings. The van der Waals surface area contributed by atoms with Crippen LogP contribution in [0.4, 0.5) is 0 Å². The number of hydrogen-bond acceptors (Lipinski definition) is 2. The second-order valence-electron chi connectivity index (χ2n) is 13.2. The second kappa shape index (κ2) is 13.8. The minimum atomic E-state index is 0.844. The van der Waals surface area contributed by atoms with E-state index in [9.17, 15) is 0 Å². The van der Waals surface area contributed by atoms with Gasteiger partial charge in [-0.1, -0.05) is 133 Å². The van der Waals surface area contributed by atoms with Crippen LogP contribution in [0.5, 0.6) is 0 Å². The highest BCUT2D eigenvalue weighted by molar-refractivity contribution is 7.80. The average Bonchev–Trinajstić information content (AvgIpc) is 3.65. The Morgan fingerprint density at radius 3 is 1.08 bits per heavy atom. The largest absolute Gasteiger partial charge is 0.464 e. The lowest BCUT2D eigenvalue weighted by Gasteiger charge is -2.13. The molecule has 0 saturated carbocycles. The van der Waals surface area contributed by atoms with E-state index < -0.39 is 0 Å². The summed E-state index contributed by atoms with van der Waals surface area (Å²) in [5.41, 5.74) is 16.9. The number of furan rings is 1. The molecule has 52 heavy (non-hydrogen) atoms. The van der Waals surface area contributed by atoms with Crippen molar-refractivity contribution in [1.29, 1.82) is 0 Å². The summed E-state index contributed by atoms with van der Waals surface area (Å²) >= 11 is 4.99. The minimum Gasteiger partial charge on any atom is -0.464 e. The van der Waals surface area contributed by atoms with Gasteiger partial charge in [0, 0.05) is 15.8 Å². The van der Waals surface area contributed by atoms with Gasteiger partial charge in [0.1, 0.15) is 5.58 Å². The first-order valence-electron chi connectivity index (χ1n) is 17.5. The normalized spacial score (nSPS) is 11.2. The van der Waals surface area contributed by atoms with Gasteiger partial charge in [0.05, 0.1) is 6.26 Å². The zero-order valence-corrected chi connectivity index (χ0v) is 29.3. The van der Waals surface area contributed by atoms with Crippen LogP contribution in [0.2, 0.25) is 0 Å². The van der Waals surface area contributed by atoms with Crippen LogP contribution in [0.3, 0.4) is 0 Å². The van der Waals surface area contributed by atoms with E-state index in [0.29, 0.717) is 0 Å². The third-order valence-electron chi connectivity index (χ3n) is 9.82. The van der Waals surface area contributed by atoms with E-state index in [1.807, 2.05) is 6.26 Å². The summed E-state index contributed by atoms with van der Waals surface area (Å²) in [7, 11) is 0. The SMILES string of the molecule is Sc1ccc(-c2cc(-c3ccccc3)cc(-c3ccccc3)c2)cc1-c1coc2ccc(-c3cc(-c4ccccc4)cc(-c4ccccc4)c3)cc12. The van der Waals surface area contributed by atoms with Crippen LogP contribution in [0.1, 0.15) is 0 Å². The molecule has 0 aliphatic heterocycles. The highest BCUT2D eigenvalue weighted by atomic mass is 32.1. The van der Waals surface area contributed by atoms with Crippen LogP contribution < -0.4 is 0 Å². The Hall–Kier alpha value is -6.35. The zero-order chi connectivity index (χ0) is 34.9. The molecule has 0 saturated heterocycles. The number of benzene rings is 8. The zero-order valence-electron chi connectivity index (χ0n) is 28.4. The van der Waals surface area contributed by atoms with E-state index in [0.717, 1.165) is 49.2 Å². The average molecular weight is 683 g/mol. The molecule has 0 atom stereocenters. The van der Waals surface area contributed by atoms with E-state index in [1.54, 1.807) is 0 Å². The Morgan fingerprint density at radius 2 is 0.654 bits per heavy atom. The lowest BCUT2D eigenvalue weighted by Crippen LogP contribution is -1.88. The molecule has 0 bridgehead atoms. The van der Waals surface area contributed by atoms with Crippen molar-refractivity contribution >= 4 is 23.6 Å². The van der Waals surface area contributed by atoms with Crippen LogP contribution >= 0.6 is 12.6 Å². The van der Waals surface area contributed by atoms with E-state index in [4.69, 9.17) is 17.0 Å². The van der Waals surface area contributed by atoms with Crippen molar-refractivity contribution in [3.8, 4) is 77.9 Å². The molecule has 0 N–H and O–H groups in total. The third kappa shape index (κ3) is 6.26. The molecule has 0 fully saturated rings. The number of thiol groups is 1. The smallest absolute Gasteiger partial charge is 0.134 e. The molecule has 9 rings (SSSR count). The Bertz CT molecular complexity index is 2540. The number of rotatable bonds is 7. The number of fused-ring (bicyclic) bond motifs is 1. The van der Waals surface area contributed by atoms with Crippen LogP contribution in [-0.2, 0) is 0 Å². The van der Waals surface area contributed by atoms with E-state index >= 15 is 0 Å². The molecular formula is C50H34OS. The minimum absolute atomic E-state index is 0.844. The standard InChI is InChI=1S/C50H34OS/c52-50-24-22-39(45-29-42(36-17-9-3-10-18-36)26-43(30-45)37-19-11-4-12-20-37)32-47(50)48-33-51-49-23-21-38(31-46(48)49)44-27-40(34-13-5-1-6-14-34)25-41(28-44)35-15-7-2-8-16-35/h1-33,52H. The summed E-state index contributed by atoms with van der Waals surface area (Å²) in [6, 6.07) is 69.1. The highest BCUT2D eigenvalue weighted by Gasteiger charge is 2.16. The van der Waals surface area contributed by atoms with Crippen LogP contribution in [-0.4, -0.2) is 0 Å². The van der Waals surface area contributed by atoms with Gasteiger partial charge in [0.2, 0.25) is 0 Å². The lowest BCUT2D eigenvalue weighted by atomic mass is 9.91. The summed E-state index contributed by atoms with van der Waals surface area (Å²) in [6.07, 6.45) is 1.87. The molecule has 0 amide bonds. The quantitative estimate of drug-likeness (QED) is 0.165. The molecule has 1 aromatic heterocycles. The van der Waals surface area contributed by atoms with Gasteiger partial charge >= 0.3 is 0 Å².